The Hall–Kier alpha value is -1.81. The lowest BCUT2D eigenvalue weighted by Crippen LogP contribution is -2.15. The Labute approximate surface area is 122 Å². The Morgan fingerprint density at radius 1 is 1.40 bits per heavy atom. The van der Waals surface area contributed by atoms with Gasteiger partial charge in [-0.05, 0) is 43.9 Å². The summed E-state index contributed by atoms with van der Waals surface area (Å²) in [5, 5.41) is 7.91. The largest absolute Gasteiger partial charge is 0.320 e. The molecule has 0 fully saturated rings. The molecule has 3 rings (SSSR count). The van der Waals surface area contributed by atoms with Crippen LogP contribution in [-0.2, 0) is 19.9 Å². The molecule has 104 valence electrons. The quantitative estimate of drug-likeness (QED) is 0.923. The first kappa shape index (κ1) is 13.2. The number of anilines is 1. The third-order valence-electron chi connectivity index (χ3n) is 3.85. The number of rotatable bonds is 2. The van der Waals surface area contributed by atoms with Gasteiger partial charge < -0.3 is 5.32 Å². The molecule has 1 amide bonds. The first-order valence-corrected chi connectivity index (χ1v) is 7.07. The van der Waals surface area contributed by atoms with Gasteiger partial charge in [0, 0.05) is 29.0 Å². The van der Waals surface area contributed by atoms with Crippen LogP contribution >= 0.6 is 11.6 Å². The molecule has 1 aliphatic carbocycles. The van der Waals surface area contributed by atoms with E-state index in [1.807, 2.05) is 36.9 Å². The molecular weight excluding hydrogens is 274 g/mol. The molecular formula is C15H16ClN3O. The SMILES string of the molecule is Cc1c(Cl)cccc1NC(=O)c1nn(C)c2c1CCC2. The molecule has 1 N–H and O–H groups in total. The number of carbonyl (C=O) groups excluding carboxylic acids is 1. The molecule has 0 atom stereocenters. The van der Waals surface area contributed by atoms with Crippen molar-refractivity contribution < 1.29 is 4.79 Å². The molecule has 2 aromatic rings. The minimum Gasteiger partial charge on any atom is -0.320 e. The predicted molar refractivity (Wildman–Crippen MR) is 79.4 cm³/mol. The highest BCUT2D eigenvalue weighted by molar-refractivity contribution is 6.31. The van der Waals surface area contributed by atoms with Gasteiger partial charge in [-0.25, -0.2) is 0 Å². The second-order valence-electron chi connectivity index (χ2n) is 5.12. The van der Waals surface area contributed by atoms with Crippen LogP contribution in [-0.4, -0.2) is 15.7 Å². The standard InChI is InChI=1S/C15H16ClN3O/c1-9-11(16)6-4-7-12(9)17-15(20)14-10-5-3-8-13(10)19(2)18-14/h4,6-7H,3,5,8H2,1-2H3,(H,17,20). The molecule has 4 nitrogen and oxygen atoms in total. The summed E-state index contributed by atoms with van der Waals surface area (Å²) in [5.74, 6) is -0.158. The number of benzene rings is 1. The third-order valence-corrected chi connectivity index (χ3v) is 4.26. The molecule has 0 spiro atoms. The Bertz CT molecular complexity index is 691. The lowest BCUT2D eigenvalue weighted by molar-refractivity contribution is 0.102. The monoisotopic (exact) mass is 289 g/mol. The van der Waals surface area contributed by atoms with Gasteiger partial charge in [-0.15, -0.1) is 0 Å². The zero-order chi connectivity index (χ0) is 14.3. The average molecular weight is 290 g/mol. The summed E-state index contributed by atoms with van der Waals surface area (Å²) in [6, 6.07) is 5.49. The maximum Gasteiger partial charge on any atom is 0.276 e. The second-order valence-corrected chi connectivity index (χ2v) is 5.52. The van der Waals surface area contributed by atoms with Gasteiger partial charge in [0.1, 0.15) is 0 Å². The number of aryl methyl sites for hydroxylation is 1. The number of aromatic nitrogens is 2. The van der Waals surface area contributed by atoms with Crippen molar-refractivity contribution in [3.63, 3.8) is 0 Å². The van der Waals surface area contributed by atoms with Gasteiger partial charge >= 0.3 is 0 Å². The van der Waals surface area contributed by atoms with Gasteiger partial charge in [-0.2, -0.15) is 5.10 Å². The van der Waals surface area contributed by atoms with E-state index in [1.165, 1.54) is 5.69 Å². The molecule has 1 aromatic carbocycles. The summed E-state index contributed by atoms with van der Waals surface area (Å²) >= 11 is 6.07. The maximum atomic E-state index is 12.4. The number of carbonyl (C=O) groups is 1. The van der Waals surface area contributed by atoms with E-state index < -0.39 is 0 Å². The zero-order valence-electron chi connectivity index (χ0n) is 11.5. The molecule has 0 unspecified atom stereocenters. The van der Waals surface area contributed by atoms with Crippen LogP contribution in [0.15, 0.2) is 18.2 Å². The van der Waals surface area contributed by atoms with Crippen LogP contribution < -0.4 is 5.32 Å². The minimum absolute atomic E-state index is 0.158. The number of halogens is 1. The van der Waals surface area contributed by atoms with Crippen molar-refractivity contribution >= 4 is 23.2 Å². The lowest BCUT2D eigenvalue weighted by atomic mass is 10.1. The van der Waals surface area contributed by atoms with Crippen molar-refractivity contribution in [1.82, 2.24) is 9.78 Å². The molecule has 0 aliphatic heterocycles. The van der Waals surface area contributed by atoms with E-state index in [9.17, 15) is 4.79 Å². The minimum atomic E-state index is -0.158. The summed E-state index contributed by atoms with van der Waals surface area (Å²) in [5.41, 5.74) is 4.41. The number of nitrogens with one attached hydrogen (secondary N) is 1. The Balaban J connectivity index is 1.91. The predicted octanol–water partition coefficient (Wildman–Crippen LogP) is 3.12. The normalized spacial score (nSPS) is 13.3. The zero-order valence-corrected chi connectivity index (χ0v) is 12.3. The van der Waals surface area contributed by atoms with Gasteiger partial charge in [-0.3, -0.25) is 9.48 Å². The average Bonchev–Trinajstić information content (AvgIpc) is 2.99. The van der Waals surface area contributed by atoms with Crippen molar-refractivity contribution in [3.8, 4) is 0 Å². The lowest BCUT2D eigenvalue weighted by Gasteiger charge is -2.08. The smallest absolute Gasteiger partial charge is 0.276 e. The van der Waals surface area contributed by atoms with Gasteiger partial charge in [0.25, 0.3) is 5.91 Å². The molecule has 1 aromatic heterocycles. The number of hydrogen-bond acceptors (Lipinski definition) is 2. The Morgan fingerprint density at radius 2 is 2.20 bits per heavy atom. The molecule has 0 saturated heterocycles. The maximum absolute atomic E-state index is 12.4. The molecule has 1 heterocycles. The fourth-order valence-electron chi connectivity index (χ4n) is 2.72. The highest BCUT2D eigenvalue weighted by Crippen LogP contribution is 2.27. The molecule has 0 radical (unpaired) electrons. The van der Waals surface area contributed by atoms with Gasteiger partial charge in [0.05, 0.1) is 0 Å². The summed E-state index contributed by atoms with van der Waals surface area (Å²) in [4.78, 5) is 12.4. The van der Waals surface area contributed by atoms with Crippen LogP contribution in [0.25, 0.3) is 0 Å². The first-order valence-electron chi connectivity index (χ1n) is 6.69. The number of nitrogens with zero attached hydrogens (tertiary/aromatic N) is 2. The van der Waals surface area contributed by atoms with Crippen molar-refractivity contribution in [3.05, 3.63) is 45.7 Å². The van der Waals surface area contributed by atoms with E-state index >= 15 is 0 Å². The van der Waals surface area contributed by atoms with Crippen LogP contribution in [0.1, 0.15) is 33.7 Å². The molecule has 5 heteroatoms. The Morgan fingerprint density at radius 3 is 3.00 bits per heavy atom. The number of fused-ring (bicyclic) bond motifs is 1. The summed E-state index contributed by atoms with van der Waals surface area (Å²) < 4.78 is 1.82. The van der Waals surface area contributed by atoms with E-state index in [-0.39, 0.29) is 5.91 Å². The number of hydrogen-bond donors (Lipinski definition) is 1. The number of amides is 1. The van der Waals surface area contributed by atoms with Gasteiger partial charge in [0.2, 0.25) is 0 Å². The molecule has 20 heavy (non-hydrogen) atoms. The van der Waals surface area contributed by atoms with Crippen molar-refractivity contribution in [2.45, 2.75) is 26.2 Å². The van der Waals surface area contributed by atoms with E-state index in [2.05, 4.69) is 10.4 Å². The van der Waals surface area contributed by atoms with Crippen LogP contribution in [0.3, 0.4) is 0 Å². The van der Waals surface area contributed by atoms with Gasteiger partial charge in [-0.1, -0.05) is 17.7 Å². The van der Waals surface area contributed by atoms with Crippen LogP contribution in [0.2, 0.25) is 5.02 Å². The second kappa shape index (κ2) is 4.94. The van der Waals surface area contributed by atoms with Gasteiger partial charge in [0.15, 0.2) is 5.69 Å². The fraction of sp³-hybridized carbons (Fsp3) is 0.333. The Kier molecular flexibility index (Phi) is 3.26. The van der Waals surface area contributed by atoms with Crippen LogP contribution in [0, 0.1) is 6.92 Å². The van der Waals surface area contributed by atoms with Crippen LogP contribution in [0.5, 0.6) is 0 Å². The van der Waals surface area contributed by atoms with Crippen molar-refractivity contribution in [2.75, 3.05) is 5.32 Å². The summed E-state index contributed by atoms with van der Waals surface area (Å²) in [7, 11) is 1.89. The van der Waals surface area contributed by atoms with E-state index in [1.54, 1.807) is 0 Å². The third kappa shape index (κ3) is 2.10. The highest BCUT2D eigenvalue weighted by atomic mass is 35.5. The first-order chi connectivity index (χ1) is 9.58. The highest BCUT2D eigenvalue weighted by Gasteiger charge is 2.25. The van der Waals surface area contributed by atoms with Crippen molar-refractivity contribution in [1.29, 1.82) is 0 Å². The topological polar surface area (TPSA) is 46.9 Å². The summed E-state index contributed by atoms with van der Waals surface area (Å²) in [6.07, 6.45) is 3.03. The van der Waals surface area contributed by atoms with E-state index in [0.717, 1.165) is 36.1 Å². The fourth-order valence-corrected chi connectivity index (χ4v) is 2.89. The van der Waals surface area contributed by atoms with E-state index in [4.69, 9.17) is 11.6 Å². The van der Waals surface area contributed by atoms with Crippen molar-refractivity contribution in [2.24, 2.45) is 7.05 Å². The molecule has 1 aliphatic rings. The van der Waals surface area contributed by atoms with Crippen LogP contribution in [0.4, 0.5) is 5.69 Å². The summed E-state index contributed by atoms with van der Waals surface area (Å²) in [6.45, 7) is 1.89. The molecule has 0 bridgehead atoms. The van der Waals surface area contributed by atoms with E-state index in [0.29, 0.717) is 10.7 Å². The molecule has 0 saturated carbocycles.